The molecule has 1 aromatic heterocycles. The Labute approximate surface area is 238 Å². The topological polar surface area (TPSA) is 126 Å². The molecule has 0 aliphatic carbocycles. The van der Waals surface area contributed by atoms with E-state index in [9.17, 15) is 19.2 Å². The van der Waals surface area contributed by atoms with Crippen LogP contribution < -0.4 is 16.0 Å². The summed E-state index contributed by atoms with van der Waals surface area (Å²) in [6.07, 6.45) is 4.10. The number of Topliss-reactive ketones (excluding diaryl/α,β-unsaturated/α-hetero) is 1. The van der Waals surface area contributed by atoms with Crippen LogP contribution in [0.3, 0.4) is 0 Å². The number of aromatic nitrogens is 1. The van der Waals surface area contributed by atoms with Crippen molar-refractivity contribution in [1.29, 1.82) is 0 Å². The first-order chi connectivity index (χ1) is 19.5. The summed E-state index contributed by atoms with van der Waals surface area (Å²) in [6.45, 7) is 0.521. The van der Waals surface area contributed by atoms with Gasteiger partial charge in [-0.1, -0.05) is 60.7 Å². The third-order valence-electron chi connectivity index (χ3n) is 6.07. The molecule has 0 fully saturated rings. The number of rotatable bonds is 15. The van der Waals surface area contributed by atoms with Crippen LogP contribution in [0.4, 0.5) is 4.79 Å². The van der Waals surface area contributed by atoms with E-state index >= 15 is 0 Å². The van der Waals surface area contributed by atoms with Crippen LogP contribution in [0.15, 0.2) is 85.2 Å². The Hall–Kier alpha value is -4.24. The molecule has 10 heteroatoms. The number of alkyl halides is 1. The Morgan fingerprint density at radius 1 is 0.825 bits per heavy atom. The second-order valence-corrected chi connectivity index (χ2v) is 9.37. The van der Waals surface area contributed by atoms with Crippen molar-refractivity contribution in [3.8, 4) is 0 Å². The van der Waals surface area contributed by atoms with Gasteiger partial charge in [0.05, 0.1) is 17.5 Å². The van der Waals surface area contributed by atoms with Crippen molar-refractivity contribution >= 4 is 35.3 Å². The van der Waals surface area contributed by atoms with E-state index in [1.165, 1.54) is 6.20 Å². The van der Waals surface area contributed by atoms with E-state index < -0.39 is 30.0 Å². The van der Waals surface area contributed by atoms with E-state index in [2.05, 4.69) is 20.9 Å². The minimum Gasteiger partial charge on any atom is -0.445 e. The molecular weight excluding hydrogens is 532 g/mol. The molecule has 3 aromatic rings. The molecule has 0 saturated carbocycles. The van der Waals surface area contributed by atoms with Gasteiger partial charge in [0.25, 0.3) is 5.91 Å². The number of pyridine rings is 1. The Balaban J connectivity index is 1.52. The zero-order chi connectivity index (χ0) is 28.6. The quantitative estimate of drug-likeness (QED) is 0.190. The van der Waals surface area contributed by atoms with E-state index in [0.717, 1.165) is 11.1 Å². The monoisotopic (exact) mass is 564 g/mol. The van der Waals surface area contributed by atoms with E-state index in [4.69, 9.17) is 16.3 Å². The second-order valence-electron chi connectivity index (χ2n) is 9.10. The molecule has 9 nitrogen and oxygen atoms in total. The van der Waals surface area contributed by atoms with Gasteiger partial charge in [0, 0.05) is 25.4 Å². The van der Waals surface area contributed by atoms with E-state index in [1.54, 1.807) is 18.3 Å². The number of unbranched alkanes of at least 4 members (excludes halogenated alkanes) is 1. The fourth-order valence-corrected chi connectivity index (χ4v) is 4.10. The summed E-state index contributed by atoms with van der Waals surface area (Å²) in [5.74, 6) is -1.54. The Bertz CT molecular complexity index is 1230. The highest BCUT2D eigenvalue weighted by Gasteiger charge is 2.27. The smallest absolute Gasteiger partial charge is 0.407 e. The van der Waals surface area contributed by atoms with Crippen molar-refractivity contribution in [3.05, 3.63) is 102 Å². The molecule has 3 amide bonds. The van der Waals surface area contributed by atoms with E-state index in [-0.39, 0.29) is 24.7 Å². The van der Waals surface area contributed by atoms with Crippen LogP contribution in [0.1, 0.15) is 40.7 Å². The number of amides is 3. The Morgan fingerprint density at radius 2 is 1.52 bits per heavy atom. The third kappa shape index (κ3) is 10.5. The maximum absolute atomic E-state index is 13.3. The van der Waals surface area contributed by atoms with Crippen LogP contribution in [0.5, 0.6) is 0 Å². The molecule has 0 aliphatic heterocycles. The molecule has 2 atom stereocenters. The number of alkyl carbamates (subject to hydrolysis) is 1. The number of benzene rings is 2. The first-order valence-electron chi connectivity index (χ1n) is 13.0. The number of carbonyl (C=O) groups is 4. The average Bonchev–Trinajstić information content (AvgIpc) is 2.99. The molecule has 0 spiro atoms. The Kier molecular flexibility index (Phi) is 12.6. The molecule has 3 N–H and O–H groups in total. The third-order valence-corrected chi connectivity index (χ3v) is 6.33. The number of ether oxygens (including phenoxy) is 1. The average molecular weight is 565 g/mol. The standard InChI is InChI=1S/C30H33ClN4O5/c31-19-27(36)25(15-7-8-17-33-30(39)40-21-23-12-5-2-6-13-23)34-29(38)26(18-22-10-3-1-4-11-22)35-28(37)24-14-9-16-32-20-24/h1-6,9-14,16,20,25-26H,7-8,15,17-19,21H2,(H,33,39)(H,34,38)(H,35,37)/t25-,26-/m0/s1. The number of halogens is 1. The number of hydrogen-bond acceptors (Lipinski definition) is 6. The van der Waals surface area contributed by atoms with Gasteiger partial charge in [-0.3, -0.25) is 19.4 Å². The minimum atomic E-state index is -0.929. The van der Waals surface area contributed by atoms with Crippen molar-refractivity contribution in [2.24, 2.45) is 0 Å². The van der Waals surface area contributed by atoms with E-state index in [1.807, 2.05) is 60.7 Å². The zero-order valence-corrected chi connectivity index (χ0v) is 22.8. The lowest BCUT2D eigenvalue weighted by Crippen LogP contribution is -2.52. The van der Waals surface area contributed by atoms with Gasteiger partial charge >= 0.3 is 6.09 Å². The lowest BCUT2D eigenvalue weighted by Gasteiger charge is -2.23. The van der Waals surface area contributed by atoms with Gasteiger partial charge < -0.3 is 20.7 Å². The molecule has 1 heterocycles. The summed E-state index contributed by atoms with van der Waals surface area (Å²) in [7, 11) is 0. The lowest BCUT2D eigenvalue weighted by molar-refractivity contribution is -0.128. The summed E-state index contributed by atoms with van der Waals surface area (Å²) >= 11 is 5.82. The van der Waals surface area contributed by atoms with Crippen LogP contribution in [-0.2, 0) is 27.4 Å². The van der Waals surface area contributed by atoms with Crippen LogP contribution in [0, 0.1) is 0 Å². The molecule has 210 valence electrons. The number of nitrogens with zero attached hydrogens (tertiary/aromatic N) is 1. The molecule has 40 heavy (non-hydrogen) atoms. The number of hydrogen-bond donors (Lipinski definition) is 3. The van der Waals surface area contributed by atoms with Crippen LogP contribution in [0.25, 0.3) is 0 Å². The molecule has 0 saturated heterocycles. The van der Waals surface area contributed by atoms with Crippen LogP contribution >= 0.6 is 11.6 Å². The molecule has 0 aliphatic rings. The van der Waals surface area contributed by atoms with Crippen molar-refractivity contribution in [3.63, 3.8) is 0 Å². The number of ketones is 1. The molecule has 0 unspecified atom stereocenters. The van der Waals surface area contributed by atoms with Gasteiger partial charge in [0.15, 0.2) is 5.78 Å². The first-order valence-corrected chi connectivity index (χ1v) is 13.6. The van der Waals surface area contributed by atoms with Gasteiger partial charge in [-0.2, -0.15) is 0 Å². The molecule has 0 radical (unpaired) electrons. The SMILES string of the molecule is O=C(NCCCC[C@H](NC(=O)[C@H](Cc1ccccc1)NC(=O)c1cccnc1)C(=O)CCl)OCc1ccccc1. The highest BCUT2D eigenvalue weighted by atomic mass is 35.5. The van der Waals surface area contributed by atoms with Gasteiger partial charge in [-0.15, -0.1) is 11.6 Å². The summed E-state index contributed by atoms with van der Waals surface area (Å²) in [5.41, 5.74) is 2.05. The molecule has 2 aromatic carbocycles. The van der Waals surface area contributed by atoms with Gasteiger partial charge in [0.1, 0.15) is 12.6 Å². The van der Waals surface area contributed by atoms with Crippen molar-refractivity contribution in [1.82, 2.24) is 20.9 Å². The molecule has 0 bridgehead atoms. The minimum absolute atomic E-state index is 0.173. The summed E-state index contributed by atoms with van der Waals surface area (Å²) < 4.78 is 5.19. The highest BCUT2D eigenvalue weighted by Crippen LogP contribution is 2.09. The van der Waals surface area contributed by atoms with Gasteiger partial charge in [-0.25, -0.2) is 4.79 Å². The zero-order valence-electron chi connectivity index (χ0n) is 22.1. The van der Waals surface area contributed by atoms with Crippen LogP contribution in [0.2, 0.25) is 0 Å². The van der Waals surface area contributed by atoms with Crippen molar-refractivity contribution < 1.29 is 23.9 Å². The molecular formula is C30H33ClN4O5. The van der Waals surface area contributed by atoms with Gasteiger partial charge in [-0.05, 0) is 42.5 Å². The van der Waals surface area contributed by atoms with Crippen molar-refractivity contribution in [2.75, 3.05) is 12.4 Å². The fraction of sp³-hybridized carbons (Fsp3) is 0.300. The predicted octanol–water partition coefficient (Wildman–Crippen LogP) is 3.81. The second kappa shape index (κ2) is 16.7. The van der Waals surface area contributed by atoms with Gasteiger partial charge in [0.2, 0.25) is 5.91 Å². The highest BCUT2D eigenvalue weighted by molar-refractivity contribution is 6.28. The largest absolute Gasteiger partial charge is 0.445 e. The normalized spacial score (nSPS) is 12.0. The summed E-state index contributed by atoms with van der Waals surface area (Å²) in [5, 5.41) is 8.21. The first kappa shape index (κ1) is 30.3. The number of carbonyl (C=O) groups excluding carboxylic acids is 4. The Morgan fingerprint density at radius 3 is 2.17 bits per heavy atom. The predicted molar refractivity (Wildman–Crippen MR) is 152 cm³/mol. The fourth-order valence-electron chi connectivity index (χ4n) is 3.91. The van der Waals surface area contributed by atoms with Crippen molar-refractivity contribution in [2.45, 2.75) is 44.4 Å². The number of nitrogens with one attached hydrogen (secondary N) is 3. The summed E-state index contributed by atoms with van der Waals surface area (Å²) in [4.78, 5) is 54.5. The van der Waals surface area contributed by atoms with Crippen LogP contribution in [-0.4, -0.2) is 53.2 Å². The summed E-state index contributed by atoms with van der Waals surface area (Å²) in [6, 6.07) is 20.1. The molecule has 3 rings (SSSR count). The maximum atomic E-state index is 13.3. The lowest BCUT2D eigenvalue weighted by atomic mass is 10.0. The maximum Gasteiger partial charge on any atom is 0.407 e. The van der Waals surface area contributed by atoms with E-state index in [0.29, 0.717) is 31.4 Å².